The Morgan fingerprint density at radius 2 is 2.22 bits per heavy atom. The first-order chi connectivity index (χ1) is 11.0. The summed E-state index contributed by atoms with van der Waals surface area (Å²) in [6.07, 6.45) is 2.08. The van der Waals surface area contributed by atoms with Gasteiger partial charge in [0.2, 0.25) is 0 Å². The van der Waals surface area contributed by atoms with Crippen molar-refractivity contribution in [3.63, 3.8) is 0 Å². The van der Waals surface area contributed by atoms with Gasteiger partial charge in [-0.1, -0.05) is 13.8 Å². The van der Waals surface area contributed by atoms with Crippen LogP contribution >= 0.6 is 0 Å². The van der Waals surface area contributed by atoms with Gasteiger partial charge in [0.15, 0.2) is 0 Å². The fourth-order valence-corrected chi connectivity index (χ4v) is 4.32. The van der Waals surface area contributed by atoms with Crippen LogP contribution in [0.15, 0.2) is 0 Å². The Labute approximate surface area is 136 Å². The zero-order valence-corrected chi connectivity index (χ0v) is 14.0. The quantitative estimate of drug-likeness (QED) is 0.633. The highest BCUT2D eigenvalue weighted by molar-refractivity contribution is 5.16. The summed E-state index contributed by atoms with van der Waals surface area (Å²) in [5.41, 5.74) is -1.21. The molecule has 0 amide bonds. The van der Waals surface area contributed by atoms with Gasteiger partial charge in [0.1, 0.15) is 11.8 Å². The van der Waals surface area contributed by atoms with E-state index in [-0.39, 0.29) is 12.9 Å². The van der Waals surface area contributed by atoms with Crippen LogP contribution in [0.3, 0.4) is 0 Å². The molecule has 4 atom stereocenters. The number of halogens is 1. The smallest absolute Gasteiger partial charge is 0.263 e. The van der Waals surface area contributed by atoms with Crippen LogP contribution in [-0.2, 0) is 4.74 Å². The summed E-state index contributed by atoms with van der Waals surface area (Å²) >= 11 is 0. The number of ether oxygens (including phenoxy) is 1. The summed E-state index contributed by atoms with van der Waals surface area (Å²) in [6.45, 7) is 5.91. The molecule has 0 saturated carbocycles. The summed E-state index contributed by atoms with van der Waals surface area (Å²) in [6, 6.07) is 0. The van der Waals surface area contributed by atoms with Crippen LogP contribution in [-0.4, -0.2) is 82.0 Å². The number of hydrogen-bond donors (Lipinski definition) is 3. The second-order valence-electron chi connectivity index (χ2n) is 6.82. The van der Waals surface area contributed by atoms with E-state index in [1.54, 1.807) is 0 Å². The van der Waals surface area contributed by atoms with E-state index in [2.05, 4.69) is 5.32 Å². The highest BCUT2D eigenvalue weighted by Gasteiger charge is 2.69. The summed E-state index contributed by atoms with van der Waals surface area (Å²) in [4.78, 5) is 3.88. The van der Waals surface area contributed by atoms with Gasteiger partial charge >= 0.3 is 0 Å². The van der Waals surface area contributed by atoms with Crippen LogP contribution in [0.1, 0.15) is 39.5 Å². The van der Waals surface area contributed by atoms with Crippen molar-refractivity contribution < 1.29 is 19.4 Å². The summed E-state index contributed by atoms with van der Waals surface area (Å²) in [5.74, 6) is -2.16. The molecule has 3 N–H and O–H groups in total. The van der Waals surface area contributed by atoms with Crippen molar-refractivity contribution in [1.82, 2.24) is 20.2 Å². The molecule has 3 saturated heterocycles. The van der Waals surface area contributed by atoms with Crippen molar-refractivity contribution >= 4 is 0 Å². The van der Waals surface area contributed by atoms with Gasteiger partial charge in [0.25, 0.3) is 5.92 Å². The molecule has 7 nitrogen and oxygen atoms in total. The molecule has 0 radical (unpaired) electrons. The Morgan fingerprint density at radius 1 is 1.43 bits per heavy atom. The molecule has 3 aliphatic rings. The molecular weight excluding hydrogens is 303 g/mol. The third-order valence-corrected chi connectivity index (χ3v) is 5.50. The SMILES string of the molecule is CCCN1CNC2(F)N(O)CN(C3CCCO3)C[C@@]12C(O)CC. The van der Waals surface area contributed by atoms with Gasteiger partial charge in [-0.3, -0.25) is 15.1 Å². The van der Waals surface area contributed by atoms with Crippen LogP contribution in [0.25, 0.3) is 0 Å². The maximum atomic E-state index is 15.8. The first-order valence-electron chi connectivity index (χ1n) is 8.68. The van der Waals surface area contributed by atoms with E-state index in [0.29, 0.717) is 37.8 Å². The van der Waals surface area contributed by atoms with Gasteiger partial charge in [0.05, 0.1) is 19.4 Å². The summed E-state index contributed by atoms with van der Waals surface area (Å²) in [7, 11) is 0. The van der Waals surface area contributed by atoms with Crippen molar-refractivity contribution in [3.05, 3.63) is 0 Å². The Kier molecular flexibility index (Phi) is 4.95. The monoisotopic (exact) mass is 332 g/mol. The maximum absolute atomic E-state index is 15.8. The zero-order chi connectivity index (χ0) is 16.7. The van der Waals surface area contributed by atoms with Crippen molar-refractivity contribution in [1.29, 1.82) is 0 Å². The average molecular weight is 332 g/mol. The van der Waals surface area contributed by atoms with E-state index < -0.39 is 17.6 Å². The number of nitrogens with one attached hydrogen (secondary N) is 1. The summed E-state index contributed by atoms with van der Waals surface area (Å²) in [5, 5.41) is 24.7. The minimum Gasteiger partial charge on any atom is -0.391 e. The number of hydroxylamine groups is 2. The Hall–Kier alpha value is -0.350. The molecule has 0 spiro atoms. The predicted molar refractivity (Wildman–Crippen MR) is 82.0 cm³/mol. The van der Waals surface area contributed by atoms with Crippen LogP contribution in [0.2, 0.25) is 0 Å². The number of alkyl halides is 1. The molecule has 0 bridgehead atoms. The van der Waals surface area contributed by atoms with Crippen LogP contribution in [0.4, 0.5) is 4.39 Å². The van der Waals surface area contributed by atoms with Crippen LogP contribution < -0.4 is 5.32 Å². The van der Waals surface area contributed by atoms with E-state index in [1.165, 1.54) is 0 Å². The lowest BCUT2D eigenvalue weighted by Gasteiger charge is -2.56. The fourth-order valence-electron chi connectivity index (χ4n) is 4.32. The molecule has 0 aliphatic carbocycles. The molecule has 0 aromatic carbocycles. The topological polar surface area (TPSA) is 71.4 Å². The molecule has 3 rings (SSSR count). The lowest BCUT2D eigenvalue weighted by Crippen LogP contribution is -2.79. The lowest BCUT2D eigenvalue weighted by atomic mass is 9.82. The standard InChI is InChI=1S/C15H29FN4O3/c1-3-7-19-10-17-15(16)14(19,12(21)4-2)9-18(11-20(15)22)13-6-5-8-23-13/h12-13,17,21-22H,3-11H2,1-2H3/t12?,13?,14-,15?/m0/s1. The molecule has 8 heteroatoms. The second kappa shape index (κ2) is 6.51. The Morgan fingerprint density at radius 3 is 2.83 bits per heavy atom. The molecule has 3 aliphatic heterocycles. The number of hydrogen-bond acceptors (Lipinski definition) is 7. The van der Waals surface area contributed by atoms with Crippen LogP contribution in [0.5, 0.6) is 0 Å². The molecule has 23 heavy (non-hydrogen) atoms. The van der Waals surface area contributed by atoms with Crippen LogP contribution in [0, 0.1) is 0 Å². The number of rotatable bonds is 5. The third kappa shape index (κ3) is 2.52. The molecule has 0 aromatic rings. The average Bonchev–Trinajstić information content (AvgIpc) is 3.16. The van der Waals surface area contributed by atoms with Gasteiger partial charge in [-0.25, -0.2) is 4.39 Å². The molecular formula is C15H29FN4O3. The van der Waals surface area contributed by atoms with E-state index in [4.69, 9.17) is 4.74 Å². The van der Waals surface area contributed by atoms with E-state index in [9.17, 15) is 10.3 Å². The van der Waals surface area contributed by atoms with Gasteiger partial charge in [-0.2, -0.15) is 0 Å². The molecule has 3 heterocycles. The van der Waals surface area contributed by atoms with Gasteiger partial charge < -0.3 is 15.1 Å². The van der Waals surface area contributed by atoms with Gasteiger partial charge in [0, 0.05) is 19.7 Å². The predicted octanol–water partition coefficient (Wildman–Crippen LogP) is 0.493. The maximum Gasteiger partial charge on any atom is 0.263 e. The Balaban J connectivity index is 1.96. The first-order valence-corrected chi connectivity index (χ1v) is 8.68. The third-order valence-electron chi connectivity index (χ3n) is 5.50. The fraction of sp³-hybridized carbons (Fsp3) is 1.00. The second-order valence-corrected chi connectivity index (χ2v) is 6.82. The van der Waals surface area contributed by atoms with Crippen molar-refractivity contribution in [2.24, 2.45) is 0 Å². The van der Waals surface area contributed by atoms with E-state index in [1.807, 2.05) is 23.6 Å². The van der Waals surface area contributed by atoms with Crippen molar-refractivity contribution in [2.45, 2.75) is 63.3 Å². The minimum absolute atomic E-state index is 0.0618. The normalized spacial score (nSPS) is 41.3. The first kappa shape index (κ1) is 17.5. The zero-order valence-electron chi connectivity index (χ0n) is 14.0. The van der Waals surface area contributed by atoms with E-state index in [0.717, 1.165) is 19.3 Å². The minimum atomic E-state index is -2.16. The molecule has 0 aromatic heterocycles. The van der Waals surface area contributed by atoms with Crippen molar-refractivity contribution in [3.8, 4) is 0 Å². The highest BCUT2D eigenvalue weighted by Crippen LogP contribution is 2.45. The Bertz CT molecular complexity index is 426. The number of aliphatic hydroxyl groups excluding tert-OH is 1. The molecule has 134 valence electrons. The largest absolute Gasteiger partial charge is 0.391 e. The lowest BCUT2D eigenvalue weighted by molar-refractivity contribution is -0.333. The molecule has 3 unspecified atom stereocenters. The number of aliphatic hydroxyl groups is 1. The highest BCUT2D eigenvalue weighted by atomic mass is 19.2. The molecule has 3 fully saturated rings. The summed E-state index contributed by atoms with van der Waals surface area (Å²) < 4.78 is 21.5. The number of fused-ring (bicyclic) bond motifs is 1. The number of nitrogens with zero attached hydrogens (tertiary/aromatic N) is 3. The van der Waals surface area contributed by atoms with Crippen molar-refractivity contribution in [2.75, 3.05) is 33.0 Å². The van der Waals surface area contributed by atoms with Gasteiger partial charge in [-0.15, -0.1) is 5.06 Å². The van der Waals surface area contributed by atoms with E-state index >= 15 is 4.39 Å². The van der Waals surface area contributed by atoms with Gasteiger partial charge in [-0.05, 0) is 25.7 Å².